The van der Waals surface area contributed by atoms with E-state index in [-0.39, 0.29) is 6.04 Å². The van der Waals surface area contributed by atoms with Crippen molar-refractivity contribution in [1.82, 2.24) is 9.88 Å². The number of rotatable bonds is 3. The average Bonchev–Trinajstić information content (AvgIpc) is 2.76. The molecule has 1 aromatic heterocycles. The lowest BCUT2D eigenvalue weighted by molar-refractivity contribution is 0.273. The molecule has 2 N–H and O–H groups in total. The van der Waals surface area contributed by atoms with Gasteiger partial charge in [0.25, 0.3) is 0 Å². The van der Waals surface area contributed by atoms with Crippen LogP contribution in [0.1, 0.15) is 31.7 Å². The third-order valence-electron chi connectivity index (χ3n) is 4.49. The van der Waals surface area contributed by atoms with E-state index in [2.05, 4.69) is 26.9 Å². The molecule has 3 heterocycles. The molecule has 2 aliphatic rings. The molecule has 1 aromatic rings. The Hall–Kier alpha value is -1.13. The van der Waals surface area contributed by atoms with Crippen molar-refractivity contribution in [3.63, 3.8) is 0 Å². The molecule has 2 unspecified atom stereocenters. The summed E-state index contributed by atoms with van der Waals surface area (Å²) in [5.41, 5.74) is 7.08. The van der Waals surface area contributed by atoms with Crippen LogP contribution in [0.2, 0.25) is 0 Å². The Morgan fingerprint density at radius 1 is 1.30 bits per heavy atom. The molecule has 0 bridgehead atoms. The van der Waals surface area contributed by atoms with Crippen LogP contribution in [0.5, 0.6) is 0 Å². The van der Waals surface area contributed by atoms with Crippen LogP contribution in [0.25, 0.3) is 0 Å². The van der Waals surface area contributed by atoms with Crippen LogP contribution in [-0.2, 0) is 6.42 Å². The molecule has 2 fully saturated rings. The van der Waals surface area contributed by atoms with Gasteiger partial charge in [-0.05, 0) is 50.8 Å². The summed E-state index contributed by atoms with van der Waals surface area (Å²) in [5.74, 6) is 1.13. The summed E-state index contributed by atoms with van der Waals surface area (Å²) in [4.78, 5) is 9.78. The summed E-state index contributed by atoms with van der Waals surface area (Å²) >= 11 is 0. The second-order valence-corrected chi connectivity index (χ2v) is 6.34. The van der Waals surface area contributed by atoms with Crippen LogP contribution in [0.4, 0.5) is 5.82 Å². The smallest absolute Gasteiger partial charge is 0.128 e. The first-order chi connectivity index (χ1) is 9.72. The quantitative estimate of drug-likeness (QED) is 0.910. The predicted molar refractivity (Wildman–Crippen MR) is 83.0 cm³/mol. The van der Waals surface area contributed by atoms with Gasteiger partial charge in [-0.1, -0.05) is 6.07 Å². The van der Waals surface area contributed by atoms with E-state index < -0.39 is 0 Å². The van der Waals surface area contributed by atoms with E-state index in [1.807, 2.05) is 13.1 Å². The van der Waals surface area contributed by atoms with E-state index in [0.29, 0.717) is 0 Å². The number of hydrogen-bond donors (Lipinski definition) is 1. The Balaban J connectivity index is 1.68. The molecule has 0 saturated carbocycles. The van der Waals surface area contributed by atoms with Gasteiger partial charge < -0.3 is 10.6 Å². The Kier molecular flexibility index (Phi) is 4.22. The molecular weight excluding hydrogens is 248 g/mol. The molecule has 2 saturated heterocycles. The third-order valence-corrected chi connectivity index (χ3v) is 4.49. The first-order valence-electron chi connectivity index (χ1n) is 7.92. The van der Waals surface area contributed by atoms with Crippen LogP contribution in [0.3, 0.4) is 0 Å². The first-order valence-corrected chi connectivity index (χ1v) is 7.92. The van der Waals surface area contributed by atoms with Gasteiger partial charge in [-0.25, -0.2) is 4.98 Å². The Morgan fingerprint density at radius 3 is 2.90 bits per heavy atom. The van der Waals surface area contributed by atoms with Gasteiger partial charge in [-0.3, -0.25) is 4.90 Å². The maximum absolute atomic E-state index is 5.84. The number of anilines is 1. The molecule has 0 amide bonds. The predicted octanol–water partition coefficient (Wildman–Crippen LogP) is 1.65. The summed E-state index contributed by atoms with van der Waals surface area (Å²) in [6.07, 6.45) is 6.86. The summed E-state index contributed by atoms with van der Waals surface area (Å²) in [5, 5.41) is 0. The average molecular weight is 274 g/mol. The maximum Gasteiger partial charge on any atom is 0.128 e. The number of fused-ring (bicyclic) bond motifs is 1. The van der Waals surface area contributed by atoms with Crippen molar-refractivity contribution in [3.8, 4) is 0 Å². The van der Waals surface area contributed by atoms with E-state index in [9.17, 15) is 0 Å². The fourth-order valence-electron chi connectivity index (χ4n) is 3.51. The Bertz CT molecular complexity index is 429. The minimum atomic E-state index is 0.202. The lowest BCUT2D eigenvalue weighted by Gasteiger charge is -2.26. The molecule has 2 aliphatic heterocycles. The number of pyridine rings is 1. The zero-order chi connectivity index (χ0) is 13.9. The van der Waals surface area contributed by atoms with Crippen molar-refractivity contribution >= 4 is 5.82 Å². The largest absolute Gasteiger partial charge is 0.355 e. The van der Waals surface area contributed by atoms with E-state index in [4.69, 9.17) is 5.73 Å². The van der Waals surface area contributed by atoms with E-state index in [1.165, 1.54) is 37.9 Å². The molecule has 110 valence electrons. The zero-order valence-electron chi connectivity index (χ0n) is 12.5. The van der Waals surface area contributed by atoms with Gasteiger partial charge in [0.15, 0.2) is 0 Å². The SMILES string of the molecule is CC(N)Cc1ccc(N2CCCN3CCCC3C2)nc1. The van der Waals surface area contributed by atoms with E-state index in [1.54, 1.807) is 0 Å². The van der Waals surface area contributed by atoms with Gasteiger partial charge in [-0.2, -0.15) is 0 Å². The number of aromatic nitrogens is 1. The van der Waals surface area contributed by atoms with Crippen molar-refractivity contribution in [3.05, 3.63) is 23.9 Å². The second kappa shape index (κ2) is 6.10. The minimum absolute atomic E-state index is 0.202. The third kappa shape index (κ3) is 3.13. The summed E-state index contributed by atoms with van der Waals surface area (Å²) < 4.78 is 0. The van der Waals surface area contributed by atoms with Crippen LogP contribution in [-0.4, -0.2) is 48.1 Å². The summed E-state index contributed by atoms with van der Waals surface area (Å²) in [6.45, 7) is 6.85. The van der Waals surface area contributed by atoms with Crippen molar-refractivity contribution < 1.29 is 0 Å². The number of nitrogens with zero attached hydrogens (tertiary/aromatic N) is 3. The Morgan fingerprint density at radius 2 is 2.15 bits per heavy atom. The van der Waals surface area contributed by atoms with Gasteiger partial charge >= 0.3 is 0 Å². The first kappa shape index (κ1) is 13.8. The standard InChI is InChI=1S/C16H26N4/c1-13(17)10-14-5-6-16(18-11-14)20-9-3-8-19-7-2-4-15(19)12-20/h5-6,11,13,15H,2-4,7-10,12,17H2,1H3. The lowest BCUT2D eigenvalue weighted by Crippen LogP contribution is -2.36. The normalized spacial score (nSPS) is 25.3. The van der Waals surface area contributed by atoms with Gasteiger partial charge in [0.1, 0.15) is 5.82 Å². The number of nitrogens with two attached hydrogens (primary N) is 1. The molecule has 0 aliphatic carbocycles. The van der Waals surface area contributed by atoms with Crippen LogP contribution >= 0.6 is 0 Å². The Labute approximate surface area is 122 Å². The lowest BCUT2D eigenvalue weighted by atomic mass is 10.1. The maximum atomic E-state index is 5.84. The highest BCUT2D eigenvalue weighted by Crippen LogP contribution is 2.24. The molecule has 3 rings (SSSR count). The zero-order valence-corrected chi connectivity index (χ0v) is 12.5. The summed E-state index contributed by atoms with van der Waals surface area (Å²) in [6, 6.07) is 5.29. The molecule has 4 heteroatoms. The van der Waals surface area contributed by atoms with Crippen LogP contribution < -0.4 is 10.6 Å². The van der Waals surface area contributed by atoms with Gasteiger partial charge in [0.2, 0.25) is 0 Å². The van der Waals surface area contributed by atoms with Crippen LogP contribution in [0, 0.1) is 0 Å². The van der Waals surface area contributed by atoms with E-state index in [0.717, 1.165) is 31.4 Å². The molecule has 0 aromatic carbocycles. The van der Waals surface area contributed by atoms with Crippen molar-refractivity contribution in [1.29, 1.82) is 0 Å². The number of hydrogen-bond acceptors (Lipinski definition) is 4. The molecule has 20 heavy (non-hydrogen) atoms. The van der Waals surface area contributed by atoms with Crippen molar-refractivity contribution in [2.45, 2.75) is 44.7 Å². The van der Waals surface area contributed by atoms with Crippen LogP contribution in [0.15, 0.2) is 18.3 Å². The highest BCUT2D eigenvalue weighted by Gasteiger charge is 2.28. The monoisotopic (exact) mass is 274 g/mol. The molecular formula is C16H26N4. The van der Waals surface area contributed by atoms with Crippen molar-refractivity contribution in [2.75, 3.05) is 31.1 Å². The molecule has 4 nitrogen and oxygen atoms in total. The topological polar surface area (TPSA) is 45.4 Å². The van der Waals surface area contributed by atoms with Gasteiger partial charge in [0, 0.05) is 37.9 Å². The van der Waals surface area contributed by atoms with Gasteiger partial charge in [-0.15, -0.1) is 0 Å². The molecule has 0 radical (unpaired) electrons. The highest BCUT2D eigenvalue weighted by atomic mass is 15.3. The fraction of sp³-hybridized carbons (Fsp3) is 0.688. The second-order valence-electron chi connectivity index (χ2n) is 6.34. The van der Waals surface area contributed by atoms with E-state index >= 15 is 0 Å². The van der Waals surface area contributed by atoms with Gasteiger partial charge in [0.05, 0.1) is 0 Å². The molecule has 2 atom stereocenters. The fourth-order valence-corrected chi connectivity index (χ4v) is 3.51. The molecule has 0 spiro atoms. The highest BCUT2D eigenvalue weighted by molar-refractivity contribution is 5.40. The summed E-state index contributed by atoms with van der Waals surface area (Å²) in [7, 11) is 0. The minimum Gasteiger partial charge on any atom is -0.355 e. The van der Waals surface area contributed by atoms with Crippen molar-refractivity contribution in [2.24, 2.45) is 5.73 Å².